The summed E-state index contributed by atoms with van der Waals surface area (Å²) in [6.07, 6.45) is -0.108. The van der Waals surface area contributed by atoms with Crippen molar-refractivity contribution in [3.05, 3.63) is 0 Å². The highest BCUT2D eigenvalue weighted by Gasteiger charge is 2.39. The summed E-state index contributed by atoms with van der Waals surface area (Å²) in [6, 6.07) is -0.900. The van der Waals surface area contributed by atoms with Crippen molar-refractivity contribution in [2.45, 2.75) is 31.9 Å². The second-order valence-electron chi connectivity index (χ2n) is 4.21. The summed E-state index contributed by atoms with van der Waals surface area (Å²) in [6.45, 7) is 2.21. The van der Waals surface area contributed by atoms with Gasteiger partial charge in [0.15, 0.2) is 0 Å². The fraction of sp³-hybridized carbons (Fsp3) is 0.800. The molecule has 0 bridgehead atoms. The second-order valence-corrected chi connectivity index (χ2v) is 4.21. The summed E-state index contributed by atoms with van der Waals surface area (Å²) in [4.78, 5) is 24.0. The maximum Gasteiger partial charge on any atom is 0.326 e. The van der Waals surface area contributed by atoms with Crippen LogP contribution >= 0.6 is 0 Å². The third-order valence-corrected chi connectivity index (χ3v) is 2.87. The Morgan fingerprint density at radius 1 is 1.56 bits per heavy atom. The van der Waals surface area contributed by atoms with Gasteiger partial charge in [0.2, 0.25) is 5.91 Å². The van der Waals surface area contributed by atoms with Gasteiger partial charge >= 0.3 is 5.97 Å². The maximum absolute atomic E-state index is 11.9. The molecule has 1 aliphatic heterocycles. The van der Waals surface area contributed by atoms with Gasteiger partial charge in [0.1, 0.15) is 6.04 Å². The predicted molar refractivity (Wildman–Crippen MR) is 56.6 cm³/mol. The molecule has 0 aliphatic carbocycles. The van der Waals surface area contributed by atoms with Crippen LogP contribution in [0, 0.1) is 5.92 Å². The number of carbonyl (C=O) groups is 2. The number of aliphatic hydroxyl groups is 1. The van der Waals surface area contributed by atoms with E-state index in [-0.39, 0.29) is 24.8 Å². The molecule has 1 aliphatic rings. The van der Waals surface area contributed by atoms with Gasteiger partial charge in [-0.3, -0.25) is 4.79 Å². The van der Waals surface area contributed by atoms with Crippen molar-refractivity contribution in [3.63, 3.8) is 0 Å². The number of amides is 1. The lowest BCUT2D eigenvalue weighted by Crippen LogP contribution is -2.43. The fourth-order valence-corrected chi connectivity index (χ4v) is 1.95. The number of β-amino-alcohol motifs (C(OH)–C–C–N with tert-alkyl or cyclic N) is 1. The molecule has 0 saturated carbocycles. The van der Waals surface area contributed by atoms with E-state index in [1.807, 2.05) is 0 Å². The van der Waals surface area contributed by atoms with Crippen molar-refractivity contribution in [1.29, 1.82) is 0 Å². The number of likely N-dealkylation sites (tertiary alicyclic amines) is 1. The van der Waals surface area contributed by atoms with Crippen LogP contribution in [-0.4, -0.2) is 52.2 Å². The first kappa shape index (κ1) is 12.9. The van der Waals surface area contributed by atoms with Crippen molar-refractivity contribution in [2.75, 3.05) is 13.1 Å². The van der Waals surface area contributed by atoms with Gasteiger partial charge in [-0.25, -0.2) is 4.79 Å². The number of hydrogen-bond acceptors (Lipinski definition) is 4. The molecule has 6 heteroatoms. The number of carbonyl (C=O) groups excluding carboxylic acids is 1. The number of aliphatic carboxylic acids is 1. The van der Waals surface area contributed by atoms with E-state index >= 15 is 0 Å². The van der Waals surface area contributed by atoms with Gasteiger partial charge < -0.3 is 20.8 Å². The zero-order valence-electron chi connectivity index (χ0n) is 9.30. The molecule has 0 radical (unpaired) electrons. The van der Waals surface area contributed by atoms with E-state index in [4.69, 9.17) is 10.8 Å². The Kier molecular flexibility index (Phi) is 4.26. The third-order valence-electron chi connectivity index (χ3n) is 2.87. The Hall–Kier alpha value is -1.14. The highest BCUT2D eigenvalue weighted by atomic mass is 16.4. The van der Waals surface area contributed by atoms with Crippen molar-refractivity contribution < 1.29 is 19.8 Å². The Morgan fingerprint density at radius 3 is 2.69 bits per heavy atom. The first-order valence-electron chi connectivity index (χ1n) is 5.38. The van der Waals surface area contributed by atoms with Crippen LogP contribution in [-0.2, 0) is 9.59 Å². The minimum atomic E-state index is -1.06. The Morgan fingerprint density at radius 2 is 2.19 bits per heavy atom. The van der Waals surface area contributed by atoms with Crippen LogP contribution in [0.2, 0.25) is 0 Å². The molecule has 4 N–H and O–H groups in total. The molecule has 0 aromatic heterocycles. The van der Waals surface area contributed by atoms with Crippen molar-refractivity contribution in [3.8, 4) is 0 Å². The van der Waals surface area contributed by atoms with Gasteiger partial charge in [-0.05, 0) is 13.0 Å². The summed E-state index contributed by atoms with van der Waals surface area (Å²) < 4.78 is 0. The first-order chi connectivity index (χ1) is 7.47. The Labute approximate surface area is 94.0 Å². The van der Waals surface area contributed by atoms with E-state index in [9.17, 15) is 14.7 Å². The lowest BCUT2D eigenvalue weighted by molar-refractivity contribution is -0.149. The summed E-state index contributed by atoms with van der Waals surface area (Å²) in [5.41, 5.74) is 5.35. The molecule has 1 fully saturated rings. The van der Waals surface area contributed by atoms with E-state index in [2.05, 4.69) is 0 Å². The van der Waals surface area contributed by atoms with Crippen molar-refractivity contribution >= 4 is 11.9 Å². The summed E-state index contributed by atoms with van der Waals surface area (Å²) in [7, 11) is 0. The number of nitrogens with zero attached hydrogens (tertiary/aromatic N) is 1. The van der Waals surface area contributed by atoms with Crippen LogP contribution < -0.4 is 5.73 Å². The lowest BCUT2D eigenvalue weighted by atomic mass is 10.1. The Bertz CT molecular complexity index is 282. The average molecular weight is 230 g/mol. The molecule has 1 heterocycles. The summed E-state index contributed by atoms with van der Waals surface area (Å²) in [5, 5.41) is 18.3. The van der Waals surface area contributed by atoms with E-state index in [0.717, 1.165) is 0 Å². The fourth-order valence-electron chi connectivity index (χ4n) is 1.95. The van der Waals surface area contributed by atoms with Crippen LogP contribution in [0.25, 0.3) is 0 Å². The zero-order valence-corrected chi connectivity index (χ0v) is 9.30. The lowest BCUT2D eigenvalue weighted by Gasteiger charge is -2.24. The second kappa shape index (κ2) is 5.27. The number of nitrogens with two attached hydrogens (primary N) is 1. The zero-order chi connectivity index (χ0) is 12.3. The third kappa shape index (κ3) is 2.70. The van der Waals surface area contributed by atoms with E-state index in [1.165, 1.54) is 4.90 Å². The molecule has 1 saturated heterocycles. The van der Waals surface area contributed by atoms with Crippen molar-refractivity contribution in [2.24, 2.45) is 11.7 Å². The van der Waals surface area contributed by atoms with Crippen LogP contribution in [0.3, 0.4) is 0 Å². The number of rotatable bonds is 4. The molecule has 1 rings (SSSR count). The Balaban J connectivity index is 2.70. The number of aliphatic hydroxyl groups excluding tert-OH is 1. The minimum Gasteiger partial charge on any atom is -0.480 e. The monoisotopic (exact) mass is 230 g/mol. The van der Waals surface area contributed by atoms with Gasteiger partial charge in [-0.1, -0.05) is 6.92 Å². The summed E-state index contributed by atoms with van der Waals surface area (Å²) in [5.74, 6) is -1.60. The van der Waals surface area contributed by atoms with Crippen LogP contribution in [0.5, 0.6) is 0 Å². The average Bonchev–Trinajstić information content (AvgIpc) is 2.59. The molecule has 6 nitrogen and oxygen atoms in total. The van der Waals surface area contributed by atoms with Gasteiger partial charge in [0.05, 0.1) is 6.10 Å². The topological polar surface area (TPSA) is 104 Å². The maximum atomic E-state index is 11.9. The number of carboxylic acid groups (broad SMARTS) is 1. The molecular weight excluding hydrogens is 212 g/mol. The van der Waals surface area contributed by atoms with E-state index < -0.39 is 18.1 Å². The molecule has 0 aromatic rings. The molecule has 2 unspecified atom stereocenters. The molecule has 0 aromatic carbocycles. The number of hydrogen-bond donors (Lipinski definition) is 3. The number of carboxylic acids is 1. The molecule has 0 spiro atoms. The molecule has 92 valence electrons. The van der Waals surface area contributed by atoms with Crippen molar-refractivity contribution in [1.82, 2.24) is 4.90 Å². The highest BCUT2D eigenvalue weighted by molar-refractivity contribution is 5.85. The predicted octanol–water partition coefficient (Wildman–Crippen LogP) is -0.982. The normalized spacial score (nSPS) is 26.8. The largest absolute Gasteiger partial charge is 0.480 e. The standard InChI is InChI=1S/C10H18N2O4/c1-6(2-3-11)9(14)12-5-7(13)4-8(12)10(15)16/h6-8,13H,2-5,11H2,1H3,(H,15,16)/t6?,7?,8-/m0/s1. The SMILES string of the molecule is CC(CCN)C(=O)N1CC(O)C[C@H]1C(=O)O. The minimum absolute atomic E-state index is 0.102. The van der Waals surface area contributed by atoms with Gasteiger partial charge in [-0.15, -0.1) is 0 Å². The molecule has 1 amide bonds. The van der Waals surface area contributed by atoms with Crippen LogP contribution in [0.4, 0.5) is 0 Å². The van der Waals surface area contributed by atoms with Crippen LogP contribution in [0.15, 0.2) is 0 Å². The van der Waals surface area contributed by atoms with Gasteiger partial charge in [-0.2, -0.15) is 0 Å². The summed E-state index contributed by atoms with van der Waals surface area (Å²) >= 11 is 0. The van der Waals surface area contributed by atoms with E-state index in [0.29, 0.717) is 13.0 Å². The molecular formula is C10H18N2O4. The highest BCUT2D eigenvalue weighted by Crippen LogP contribution is 2.21. The van der Waals surface area contributed by atoms with E-state index in [1.54, 1.807) is 6.92 Å². The van der Waals surface area contributed by atoms with Crippen LogP contribution in [0.1, 0.15) is 19.8 Å². The smallest absolute Gasteiger partial charge is 0.326 e. The van der Waals surface area contributed by atoms with Gasteiger partial charge in [0, 0.05) is 18.9 Å². The molecule has 3 atom stereocenters. The van der Waals surface area contributed by atoms with Gasteiger partial charge in [0.25, 0.3) is 0 Å². The quantitative estimate of drug-likeness (QED) is 0.575. The first-order valence-corrected chi connectivity index (χ1v) is 5.38. The molecule has 16 heavy (non-hydrogen) atoms.